The molecule has 3 rings (SSSR count). The Balaban J connectivity index is 2.09. The number of ether oxygens (including phenoxy) is 1. The fourth-order valence-electron chi connectivity index (χ4n) is 3.83. The molecule has 1 aliphatic carbocycles. The number of aromatic nitrogens is 3. The summed E-state index contributed by atoms with van der Waals surface area (Å²) in [7, 11) is 0. The van der Waals surface area contributed by atoms with Crippen LogP contribution in [0.15, 0.2) is 18.6 Å². The number of aliphatic hydroxyl groups excluding tert-OH is 2. The molecule has 1 fully saturated rings. The SMILES string of the molecule is Cc1ncnc2c1ccn2[C@@H]1C[C@](OC(=O)O)(C(C)(C)C)[C@@H](O)[C@H]1O. The lowest BCUT2D eigenvalue weighted by Crippen LogP contribution is -2.54. The van der Waals surface area contributed by atoms with E-state index in [2.05, 4.69) is 9.97 Å². The van der Waals surface area contributed by atoms with Gasteiger partial charge in [-0.1, -0.05) is 20.8 Å². The summed E-state index contributed by atoms with van der Waals surface area (Å²) in [6.07, 6.45) is -0.669. The van der Waals surface area contributed by atoms with E-state index >= 15 is 0 Å². The number of rotatable bonds is 2. The Morgan fingerprint density at radius 2 is 2.04 bits per heavy atom. The van der Waals surface area contributed by atoms with Gasteiger partial charge in [0.05, 0.1) is 11.7 Å². The van der Waals surface area contributed by atoms with Gasteiger partial charge in [0.15, 0.2) is 5.60 Å². The van der Waals surface area contributed by atoms with Crippen LogP contribution >= 0.6 is 0 Å². The molecular weight excluding hydrogens is 326 g/mol. The van der Waals surface area contributed by atoms with Crippen LogP contribution in [0.5, 0.6) is 0 Å². The fraction of sp³-hybridized carbons (Fsp3) is 0.588. The maximum absolute atomic E-state index is 11.3. The first-order valence-electron chi connectivity index (χ1n) is 8.15. The Labute approximate surface area is 145 Å². The number of carbonyl (C=O) groups is 1. The molecule has 2 aromatic heterocycles. The van der Waals surface area contributed by atoms with E-state index in [0.717, 1.165) is 11.1 Å². The molecule has 8 nitrogen and oxygen atoms in total. The molecule has 1 aliphatic rings. The van der Waals surface area contributed by atoms with Gasteiger partial charge in [0.25, 0.3) is 0 Å². The summed E-state index contributed by atoms with van der Waals surface area (Å²) < 4.78 is 6.93. The third-order valence-corrected chi connectivity index (χ3v) is 5.31. The van der Waals surface area contributed by atoms with E-state index in [9.17, 15) is 20.1 Å². The van der Waals surface area contributed by atoms with Crippen LogP contribution in [-0.2, 0) is 4.74 Å². The molecule has 0 saturated heterocycles. The van der Waals surface area contributed by atoms with Gasteiger partial charge in [0, 0.05) is 23.4 Å². The van der Waals surface area contributed by atoms with Gasteiger partial charge in [-0.25, -0.2) is 14.8 Å². The molecule has 1 saturated carbocycles. The van der Waals surface area contributed by atoms with Crippen LogP contribution in [0, 0.1) is 12.3 Å². The second-order valence-electron chi connectivity index (χ2n) is 7.63. The second-order valence-corrected chi connectivity index (χ2v) is 7.63. The lowest BCUT2D eigenvalue weighted by molar-refractivity contribution is -0.155. The Bertz CT molecular complexity index is 812. The van der Waals surface area contributed by atoms with Crippen molar-refractivity contribution in [1.82, 2.24) is 14.5 Å². The summed E-state index contributed by atoms with van der Waals surface area (Å²) in [5.41, 5.74) is -0.708. The summed E-state index contributed by atoms with van der Waals surface area (Å²) in [6, 6.07) is 1.28. The van der Waals surface area contributed by atoms with Crippen LogP contribution in [0.25, 0.3) is 11.0 Å². The first-order chi connectivity index (χ1) is 11.6. The number of carboxylic acid groups (broad SMARTS) is 1. The highest BCUT2D eigenvalue weighted by Gasteiger charge is 2.62. The zero-order chi connectivity index (χ0) is 18.6. The van der Waals surface area contributed by atoms with Crippen molar-refractivity contribution in [2.45, 2.75) is 58.0 Å². The number of hydrogen-bond acceptors (Lipinski definition) is 6. The van der Waals surface area contributed by atoms with E-state index in [-0.39, 0.29) is 6.42 Å². The maximum Gasteiger partial charge on any atom is 0.506 e. The van der Waals surface area contributed by atoms with Crippen molar-refractivity contribution in [3.05, 3.63) is 24.3 Å². The molecule has 3 N–H and O–H groups in total. The summed E-state index contributed by atoms with van der Waals surface area (Å²) in [6.45, 7) is 7.22. The fourth-order valence-corrected chi connectivity index (χ4v) is 3.83. The van der Waals surface area contributed by atoms with Gasteiger partial charge in [-0.05, 0) is 13.0 Å². The quantitative estimate of drug-likeness (QED) is 0.709. The molecule has 2 aromatic rings. The summed E-state index contributed by atoms with van der Waals surface area (Å²) >= 11 is 0. The molecular formula is C17H23N3O5. The van der Waals surface area contributed by atoms with Crippen LogP contribution in [-0.4, -0.2) is 53.8 Å². The van der Waals surface area contributed by atoms with E-state index in [1.165, 1.54) is 6.33 Å². The molecule has 0 amide bonds. The molecule has 8 heteroatoms. The summed E-state index contributed by atoms with van der Waals surface area (Å²) in [5, 5.41) is 31.4. The lowest BCUT2D eigenvalue weighted by atomic mass is 9.73. The van der Waals surface area contributed by atoms with Crippen molar-refractivity contribution in [3.63, 3.8) is 0 Å². The number of aryl methyl sites for hydroxylation is 1. The summed E-state index contributed by atoms with van der Waals surface area (Å²) in [5.74, 6) is 0. The standard InChI is InChI=1S/C17H23N3O5/c1-9-10-5-6-20(14(10)19-8-18-9)11-7-17(16(2,3)4,25-15(23)24)13(22)12(11)21/h5-6,8,11-13,21-22H,7H2,1-4H3,(H,23,24)/t11-,12+,13+,17-/m1/s1. The highest BCUT2D eigenvalue weighted by molar-refractivity contribution is 5.78. The lowest BCUT2D eigenvalue weighted by Gasteiger charge is -2.42. The molecule has 0 aliphatic heterocycles. The average molecular weight is 349 g/mol. The van der Waals surface area contributed by atoms with Crippen molar-refractivity contribution < 1.29 is 24.9 Å². The minimum Gasteiger partial charge on any atom is -0.450 e. The zero-order valence-electron chi connectivity index (χ0n) is 14.7. The third kappa shape index (κ3) is 2.56. The summed E-state index contributed by atoms with van der Waals surface area (Å²) in [4.78, 5) is 19.7. The Kier molecular flexibility index (Phi) is 4.00. The monoisotopic (exact) mass is 349 g/mol. The van der Waals surface area contributed by atoms with E-state index in [1.54, 1.807) is 31.5 Å². The zero-order valence-corrected chi connectivity index (χ0v) is 14.7. The smallest absolute Gasteiger partial charge is 0.450 e. The second kappa shape index (κ2) is 5.67. The van der Waals surface area contributed by atoms with Crippen molar-refractivity contribution in [3.8, 4) is 0 Å². The number of fused-ring (bicyclic) bond motifs is 1. The normalized spacial score (nSPS) is 29.9. The highest BCUT2D eigenvalue weighted by Crippen LogP contribution is 2.51. The number of aliphatic hydroxyl groups is 2. The first-order valence-corrected chi connectivity index (χ1v) is 8.15. The molecule has 0 bridgehead atoms. The van der Waals surface area contributed by atoms with Gasteiger partial charge >= 0.3 is 6.16 Å². The minimum atomic E-state index is -1.47. The molecule has 0 radical (unpaired) electrons. The topological polar surface area (TPSA) is 118 Å². The van der Waals surface area contributed by atoms with Crippen LogP contribution < -0.4 is 0 Å². The molecule has 2 heterocycles. The molecule has 136 valence electrons. The van der Waals surface area contributed by atoms with E-state index in [1.807, 2.05) is 13.0 Å². The van der Waals surface area contributed by atoms with Crippen LogP contribution in [0.3, 0.4) is 0 Å². The highest BCUT2D eigenvalue weighted by atomic mass is 16.7. The Hall–Kier alpha value is -2.19. The molecule has 4 atom stereocenters. The average Bonchev–Trinajstić information content (AvgIpc) is 3.02. The Morgan fingerprint density at radius 1 is 1.36 bits per heavy atom. The van der Waals surface area contributed by atoms with Crippen LogP contribution in [0.1, 0.15) is 38.9 Å². The first kappa shape index (κ1) is 17.6. The van der Waals surface area contributed by atoms with Gasteiger partial charge in [-0.2, -0.15) is 0 Å². The van der Waals surface area contributed by atoms with Gasteiger partial charge < -0.3 is 24.6 Å². The Morgan fingerprint density at radius 3 is 2.64 bits per heavy atom. The number of hydrogen-bond donors (Lipinski definition) is 3. The largest absolute Gasteiger partial charge is 0.506 e. The third-order valence-electron chi connectivity index (χ3n) is 5.31. The van der Waals surface area contributed by atoms with Crippen LogP contribution in [0.4, 0.5) is 4.79 Å². The van der Waals surface area contributed by atoms with Crippen molar-refractivity contribution in [1.29, 1.82) is 0 Å². The van der Waals surface area contributed by atoms with Crippen molar-refractivity contribution in [2.75, 3.05) is 0 Å². The van der Waals surface area contributed by atoms with Crippen molar-refractivity contribution >= 4 is 17.2 Å². The van der Waals surface area contributed by atoms with Gasteiger partial charge in [-0.15, -0.1) is 0 Å². The van der Waals surface area contributed by atoms with E-state index < -0.39 is 35.4 Å². The maximum atomic E-state index is 11.3. The molecule has 25 heavy (non-hydrogen) atoms. The van der Waals surface area contributed by atoms with E-state index in [0.29, 0.717) is 5.65 Å². The van der Waals surface area contributed by atoms with Gasteiger partial charge in [0.2, 0.25) is 0 Å². The molecule has 0 aromatic carbocycles. The number of nitrogens with zero attached hydrogens (tertiary/aromatic N) is 3. The predicted octanol–water partition coefficient (Wildman–Crippen LogP) is 1.89. The van der Waals surface area contributed by atoms with E-state index in [4.69, 9.17) is 4.74 Å². The predicted molar refractivity (Wildman–Crippen MR) is 89.2 cm³/mol. The van der Waals surface area contributed by atoms with Gasteiger partial charge in [0.1, 0.15) is 24.2 Å². The molecule has 0 unspecified atom stereocenters. The van der Waals surface area contributed by atoms with Crippen molar-refractivity contribution in [2.24, 2.45) is 5.41 Å². The minimum absolute atomic E-state index is 0.137. The van der Waals surface area contributed by atoms with Crippen LogP contribution in [0.2, 0.25) is 0 Å². The molecule has 0 spiro atoms. The van der Waals surface area contributed by atoms with Gasteiger partial charge in [-0.3, -0.25) is 0 Å².